The smallest absolute Gasteiger partial charge is 0.497 e. The Morgan fingerprint density at radius 1 is 0.955 bits per heavy atom. The van der Waals surface area contributed by atoms with E-state index in [1.165, 1.54) is 40.9 Å². The molecule has 44 heavy (non-hydrogen) atoms. The first-order valence-electron chi connectivity index (χ1n) is 14.4. The monoisotopic (exact) mass is 663 g/mol. The van der Waals surface area contributed by atoms with Gasteiger partial charge in [-0.25, -0.2) is 0 Å². The van der Waals surface area contributed by atoms with E-state index in [9.17, 15) is 30.0 Å². The van der Waals surface area contributed by atoms with Crippen LogP contribution >= 0.6 is 0 Å². The number of halogens is 3. The number of rotatable bonds is 12. The fourth-order valence-corrected chi connectivity index (χ4v) is 7.59. The van der Waals surface area contributed by atoms with Crippen LogP contribution in [0.15, 0.2) is 48.5 Å². The van der Waals surface area contributed by atoms with E-state index in [1.807, 2.05) is 19.1 Å². The summed E-state index contributed by atoms with van der Waals surface area (Å²) < 4.78 is 107. The Hall–Kier alpha value is -2.43. The van der Waals surface area contributed by atoms with E-state index < -0.39 is 25.8 Å². The first kappa shape index (κ1) is 34.4. The predicted molar refractivity (Wildman–Crippen MR) is 159 cm³/mol. The van der Waals surface area contributed by atoms with Crippen molar-refractivity contribution in [2.75, 3.05) is 27.8 Å². The number of ether oxygens (including phenoxy) is 2. The fourth-order valence-electron chi connectivity index (χ4n) is 5.84. The molecule has 10 nitrogen and oxygen atoms in total. The number of methoxy groups -OCH3 is 1. The molecule has 2 fully saturated rings. The molecular formula is C29H40F3N3O7S2. The zero-order valence-electron chi connectivity index (χ0n) is 25.2. The zero-order chi connectivity index (χ0) is 32.3. The maximum atomic E-state index is 13.5. The van der Waals surface area contributed by atoms with Crippen LogP contribution in [-0.4, -0.2) is 83.0 Å². The molecule has 0 radical (unpaired) electrons. The molecule has 0 aromatic heterocycles. The van der Waals surface area contributed by atoms with Crippen molar-refractivity contribution in [3.8, 4) is 11.5 Å². The van der Waals surface area contributed by atoms with Crippen LogP contribution in [0.2, 0.25) is 0 Å². The minimum absolute atomic E-state index is 0.00888. The Morgan fingerprint density at radius 2 is 1.61 bits per heavy atom. The van der Waals surface area contributed by atoms with Crippen LogP contribution in [0.4, 0.5) is 13.2 Å². The molecule has 1 N–H and O–H groups in total. The van der Waals surface area contributed by atoms with Gasteiger partial charge in [-0.2, -0.15) is 38.6 Å². The molecule has 2 aromatic rings. The van der Waals surface area contributed by atoms with Crippen LogP contribution in [0.3, 0.4) is 0 Å². The molecule has 0 bridgehead atoms. The topological polar surface area (TPSA) is 114 Å². The quantitative estimate of drug-likeness (QED) is 0.263. The molecule has 1 aliphatic heterocycles. The molecular weight excluding hydrogens is 623 g/mol. The van der Waals surface area contributed by atoms with Crippen LogP contribution in [-0.2, 0) is 31.6 Å². The Labute approximate surface area is 257 Å². The van der Waals surface area contributed by atoms with Crippen LogP contribution in [0.25, 0.3) is 0 Å². The second-order valence-corrected chi connectivity index (χ2v) is 15.2. The molecule has 0 amide bonds. The third kappa shape index (κ3) is 8.23. The van der Waals surface area contributed by atoms with Gasteiger partial charge in [0.25, 0.3) is 10.2 Å². The average Bonchev–Trinajstić information content (AvgIpc) is 3.34. The van der Waals surface area contributed by atoms with Crippen molar-refractivity contribution in [3.05, 3.63) is 59.7 Å². The summed E-state index contributed by atoms with van der Waals surface area (Å²) in [5, 5.41) is 3.50. The van der Waals surface area contributed by atoms with E-state index in [4.69, 9.17) is 9.47 Å². The Bertz CT molecular complexity index is 1460. The lowest BCUT2D eigenvalue weighted by molar-refractivity contribution is -0.0500. The third-order valence-electron chi connectivity index (χ3n) is 8.19. The van der Waals surface area contributed by atoms with Crippen LogP contribution in [0.1, 0.15) is 56.1 Å². The van der Waals surface area contributed by atoms with Crippen molar-refractivity contribution in [3.63, 3.8) is 0 Å². The molecule has 4 rings (SSSR count). The summed E-state index contributed by atoms with van der Waals surface area (Å²) in [6.45, 7) is 2.52. The maximum Gasteiger partial charge on any atom is 0.534 e. The molecule has 1 unspecified atom stereocenters. The van der Waals surface area contributed by atoms with E-state index in [0.717, 1.165) is 5.56 Å². The first-order chi connectivity index (χ1) is 20.6. The number of nitrogens with zero attached hydrogens (tertiary/aromatic N) is 2. The lowest BCUT2D eigenvalue weighted by Gasteiger charge is -2.35. The van der Waals surface area contributed by atoms with Gasteiger partial charge < -0.3 is 19.0 Å². The van der Waals surface area contributed by atoms with Gasteiger partial charge in [0.1, 0.15) is 11.5 Å². The molecule has 1 saturated heterocycles. The zero-order valence-corrected chi connectivity index (χ0v) is 26.8. The highest BCUT2D eigenvalue weighted by atomic mass is 32.2. The van der Waals surface area contributed by atoms with E-state index in [1.54, 1.807) is 25.3 Å². The second-order valence-electron chi connectivity index (χ2n) is 11.5. The van der Waals surface area contributed by atoms with Gasteiger partial charge >= 0.3 is 15.6 Å². The minimum atomic E-state index is -5.75. The SMILES string of the molecule is COc1ccc(CN([C@H]2C[C@@H](C)NC2COC2CCC(c3cccc(OS(=O)(=O)C(F)(F)F)c3)CC2)S(=O)(=O)N(C)C)cc1. The van der Waals surface area contributed by atoms with Crippen molar-refractivity contribution in [1.82, 2.24) is 13.9 Å². The summed E-state index contributed by atoms with van der Waals surface area (Å²) in [6.07, 6.45) is 3.31. The van der Waals surface area contributed by atoms with Gasteiger partial charge in [0.05, 0.1) is 19.8 Å². The molecule has 15 heteroatoms. The van der Waals surface area contributed by atoms with Gasteiger partial charge in [-0.3, -0.25) is 0 Å². The van der Waals surface area contributed by atoms with Gasteiger partial charge in [-0.05, 0) is 80.3 Å². The second kappa shape index (κ2) is 13.9. The largest absolute Gasteiger partial charge is 0.534 e. The lowest BCUT2D eigenvalue weighted by Crippen LogP contribution is -2.52. The molecule has 1 heterocycles. The highest BCUT2D eigenvalue weighted by molar-refractivity contribution is 7.88. The summed E-state index contributed by atoms with van der Waals surface area (Å²) in [4.78, 5) is 0. The summed E-state index contributed by atoms with van der Waals surface area (Å²) >= 11 is 0. The van der Waals surface area contributed by atoms with E-state index >= 15 is 0 Å². The van der Waals surface area contributed by atoms with Crippen molar-refractivity contribution >= 4 is 20.3 Å². The van der Waals surface area contributed by atoms with E-state index in [0.29, 0.717) is 50.0 Å². The van der Waals surface area contributed by atoms with Crippen LogP contribution in [0.5, 0.6) is 11.5 Å². The molecule has 1 aliphatic carbocycles. The number of hydrogen-bond donors (Lipinski definition) is 1. The van der Waals surface area contributed by atoms with Gasteiger partial charge in [0.15, 0.2) is 0 Å². The van der Waals surface area contributed by atoms with Crippen molar-refractivity contribution in [2.24, 2.45) is 0 Å². The standard InChI is InChI=1S/C29H40F3N3O7S2/c1-20-16-28(35(44(38,39)34(2)3)18-21-8-12-24(40-4)13-9-21)27(33-20)19-41-25-14-10-22(11-15-25)23-6-5-7-26(17-23)42-43(36,37)29(30,31)32/h5-9,12-13,17,20,22,25,27-28,33H,10-11,14-16,18-19H2,1-4H3/t20-,22?,25?,27?,28+/m1/s1. The molecule has 3 atom stereocenters. The van der Waals surface area contributed by atoms with Gasteiger partial charge in [-0.15, -0.1) is 0 Å². The van der Waals surface area contributed by atoms with Crippen molar-refractivity contribution < 1.29 is 43.7 Å². The summed E-state index contributed by atoms with van der Waals surface area (Å²) in [5.74, 6) is 0.315. The normalized spacial score (nSPS) is 25.0. The molecule has 2 aliphatic rings. The Morgan fingerprint density at radius 3 is 2.20 bits per heavy atom. The lowest BCUT2D eigenvalue weighted by atomic mass is 9.82. The van der Waals surface area contributed by atoms with Gasteiger partial charge in [0.2, 0.25) is 0 Å². The average molecular weight is 664 g/mol. The number of alkyl halides is 3. The highest BCUT2D eigenvalue weighted by Crippen LogP contribution is 2.37. The Kier molecular flexibility index (Phi) is 10.9. The summed E-state index contributed by atoms with van der Waals surface area (Å²) in [6, 6.07) is 12.6. The molecule has 246 valence electrons. The summed E-state index contributed by atoms with van der Waals surface area (Å²) in [7, 11) is -4.91. The summed E-state index contributed by atoms with van der Waals surface area (Å²) in [5.41, 5.74) is -3.97. The number of benzene rings is 2. The van der Waals surface area contributed by atoms with Crippen LogP contribution < -0.4 is 14.2 Å². The first-order valence-corrected chi connectivity index (χ1v) is 17.2. The molecule has 1 saturated carbocycles. The maximum absolute atomic E-state index is 13.5. The molecule has 0 spiro atoms. The minimum Gasteiger partial charge on any atom is -0.497 e. The van der Waals surface area contributed by atoms with Crippen LogP contribution in [0, 0.1) is 0 Å². The van der Waals surface area contributed by atoms with E-state index in [2.05, 4.69) is 9.50 Å². The fraction of sp³-hybridized carbons (Fsp3) is 0.586. The highest BCUT2D eigenvalue weighted by Gasteiger charge is 2.48. The number of hydrogen-bond acceptors (Lipinski definition) is 8. The van der Waals surface area contributed by atoms with Crippen molar-refractivity contribution in [2.45, 2.75) is 81.2 Å². The molecule has 2 aromatic carbocycles. The predicted octanol–water partition coefficient (Wildman–Crippen LogP) is 4.39. The van der Waals surface area contributed by atoms with Gasteiger partial charge in [-0.1, -0.05) is 24.3 Å². The van der Waals surface area contributed by atoms with E-state index in [-0.39, 0.29) is 42.4 Å². The van der Waals surface area contributed by atoms with Gasteiger partial charge in [0, 0.05) is 38.8 Å². The van der Waals surface area contributed by atoms with Crippen molar-refractivity contribution in [1.29, 1.82) is 0 Å². The number of nitrogens with one attached hydrogen (secondary N) is 1. The Balaban J connectivity index is 1.38. The third-order valence-corrected chi connectivity index (χ3v) is 11.1.